The number of rotatable bonds is 2. The molecule has 39 heavy (non-hydrogen) atoms. The molecule has 3 aromatic rings. The van der Waals surface area contributed by atoms with E-state index in [9.17, 15) is 14.4 Å². The van der Waals surface area contributed by atoms with Crippen molar-refractivity contribution < 1.29 is 33.0 Å². The van der Waals surface area contributed by atoms with Crippen molar-refractivity contribution in [2.24, 2.45) is 0 Å². The van der Waals surface area contributed by atoms with Gasteiger partial charge in [-0.3, -0.25) is 14.4 Å². The van der Waals surface area contributed by atoms with Gasteiger partial charge in [0.1, 0.15) is 18.1 Å². The van der Waals surface area contributed by atoms with Crippen LogP contribution in [0.15, 0.2) is 59.5 Å². The smallest absolute Gasteiger partial charge is 0.275 e. The van der Waals surface area contributed by atoms with Gasteiger partial charge >= 0.3 is 0 Å². The first-order chi connectivity index (χ1) is 19.0. The zero-order valence-electron chi connectivity index (χ0n) is 21.6. The van der Waals surface area contributed by atoms with Gasteiger partial charge in [0.05, 0.1) is 13.2 Å². The van der Waals surface area contributed by atoms with E-state index in [1.54, 1.807) is 17.0 Å². The molecule has 3 amide bonds. The topological polar surface area (TPSA) is 132 Å². The molecule has 5 aliphatic heterocycles. The van der Waals surface area contributed by atoms with Crippen molar-refractivity contribution in [3.05, 3.63) is 71.9 Å². The van der Waals surface area contributed by atoms with Crippen molar-refractivity contribution in [2.45, 2.75) is 38.0 Å². The number of carbonyl (C=O) groups excluding carboxylic acids is 3. The fourth-order valence-corrected chi connectivity index (χ4v) is 4.66. The van der Waals surface area contributed by atoms with Crippen LogP contribution in [-0.2, 0) is 22.6 Å². The lowest BCUT2D eigenvalue weighted by Gasteiger charge is -2.38. The molecule has 204 valence electrons. The number of aryl methyl sites for hydroxylation is 1. The fourth-order valence-electron chi connectivity index (χ4n) is 4.66. The number of hydrogen-bond donors (Lipinski definition) is 2. The maximum absolute atomic E-state index is 13.0. The maximum Gasteiger partial charge on any atom is 0.275 e. The van der Waals surface area contributed by atoms with Gasteiger partial charge in [0.2, 0.25) is 5.91 Å². The van der Waals surface area contributed by atoms with E-state index in [0.29, 0.717) is 49.6 Å². The number of carbonyl (C=O) groups is 3. The summed E-state index contributed by atoms with van der Waals surface area (Å²) in [5, 5.41) is 5.93. The second-order valence-corrected chi connectivity index (χ2v) is 9.44. The van der Waals surface area contributed by atoms with Crippen LogP contribution >= 0.6 is 0 Å². The van der Waals surface area contributed by atoms with Crippen molar-refractivity contribution in [3.63, 3.8) is 0 Å². The van der Waals surface area contributed by atoms with Crippen molar-refractivity contribution in [2.75, 3.05) is 26.8 Å². The van der Waals surface area contributed by atoms with Crippen LogP contribution in [0.1, 0.15) is 34.5 Å². The molecular weight excluding hydrogens is 504 g/mol. The summed E-state index contributed by atoms with van der Waals surface area (Å²) in [4.78, 5) is 43.8. The largest absolute Gasteiger partial charge is 0.493 e. The summed E-state index contributed by atoms with van der Waals surface area (Å²) in [5.74, 6) is 0.801. The number of nitrogens with one attached hydrogen (secondary N) is 2. The third-order valence-corrected chi connectivity index (χ3v) is 6.76. The zero-order chi connectivity index (χ0) is 27.2. The fraction of sp³-hybridized carbons (Fsp3) is 0.357. The zero-order valence-corrected chi connectivity index (χ0v) is 21.6. The normalized spacial score (nSPS) is 20.2. The van der Waals surface area contributed by atoms with Gasteiger partial charge in [0.25, 0.3) is 11.8 Å². The molecule has 4 bridgehead atoms. The first-order valence-electron chi connectivity index (χ1n) is 12.8. The van der Waals surface area contributed by atoms with Gasteiger partial charge in [-0.2, -0.15) is 0 Å². The van der Waals surface area contributed by atoms with Crippen LogP contribution in [0.5, 0.6) is 17.2 Å². The van der Waals surface area contributed by atoms with Crippen LogP contribution in [0.25, 0.3) is 0 Å². The highest BCUT2D eigenvalue weighted by Crippen LogP contribution is 2.29. The number of benzene rings is 2. The number of aromatic nitrogens is 1. The molecule has 0 radical (unpaired) electrons. The van der Waals surface area contributed by atoms with Gasteiger partial charge in [-0.1, -0.05) is 18.2 Å². The van der Waals surface area contributed by atoms with Gasteiger partial charge in [-0.25, -0.2) is 4.98 Å². The number of likely N-dealkylation sites (tertiary alicyclic amines) is 1. The molecule has 1 aromatic heterocycles. The Labute approximate surface area is 225 Å². The summed E-state index contributed by atoms with van der Waals surface area (Å²) >= 11 is 0. The Kier molecular flexibility index (Phi) is 7.95. The van der Waals surface area contributed by atoms with E-state index in [-0.39, 0.29) is 42.7 Å². The second kappa shape index (κ2) is 11.9. The molecule has 0 saturated carbocycles. The van der Waals surface area contributed by atoms with Gasteiger partial charge in [-0.15, -0.1) is 0 Å². The number of methoxy groups -OCH3 is 1. The van der Waals surface area contributed by atoms with E-state index < -0.39 is 6.04 Å². The first-order valence-corrected chi connectivity index (χ1v) is 12.8. The van der Waals surface area contributed by atoms with E-state index in [2.05, 4.69) is 15.6 Å². The third-order valence-electron chi connectivity index (χ3n) is 6.76. The molecule has 11 heteroatoms. The molecule has 0 aliphatic carbocycles. The van der Waals surface area contributed by atoms with Gasteiger partial charge < -0.3 is 34.2 Å². The van der Waals surface area contributed by atoms with E-state index in [0.717, 1.165) is 11.1 Å². The second-order valence-electron chi connectivity index (χ2n) is 9.44. The summed E-state index contributed by atoms with van der Waals surface area (Å²) in [6.07, 6.45) is 3.46. The van der Waals surface area contributed by atoms with E-state index in [1.807, 2.05) is 30.3 Å². The summed E-state index contributed by atoms with van der Waals surface area (Å²) in [6.45, 7) is 0.792. The number of hydrogen-bond acceptors (Lipinski definition) is 8. The van der Waals surface area contributed by atoms with Gasteiger partial charge in [0.15, 0.2) is 30.2 Å². The van der Waals surface area contributed by atoms with Crippen molar-refractivity contribution in [3.8, 4) is 17.2 Å². The van der Waals surface area contributed by atoms with Crippen LogP contribution in [0.4, 0.5) is 0 Å². The van der Waals surface area contributed by atoms with E-state index in [1.165, 1.54) is 19.8 Å². The highest BCUT2D eigenvalue weighted by Gasteiger charge is 2.35. The highest BCUT2D eigenvalue weighted by molar-refractivity contribution is 5.92. The predicted octanol–water partition coefficient (Wildman–Crippen LogP) is 2.10. The van der Waals surface area contributed by atoms with Crippen molar-refractivity contribution in [1.82, 2.24) is 20.5 Å². The van der Waals surface area contributed by atoms with Gasteiger partial charge in [0, 0.05) is 32.5 Å². The number of piperidine rings is 1. The molecule has 0 unspecified atom stereocenters. The monoisotopic (exact) mass is 534 g/mol. The average Bonchev–Trinajstić information content (AvgIpc) is 3.50. The predicted molar refractivity (Wildman–Crippen MR) is 138 cm³/mol. The molecule has 1 fully saturated rings. The van der Waals surface area contributed by atoms with Crippen LogP contribution in [0.2, 0.25) is 0 Å². The lowest BCUT2D eigenvalue weighted by Crippen LogP contribution is -2.58. The molecule has 8 rings (SSSR count). The Bertz CT molecular complexity index is 1310. The minimum atomic E-state index is -0.500. The Morgan fingerprint density at radius 2 is 1.90 bits per heavy atom. The minimum absolute atomic E-state index is 0.0598. The van der Waals surface area contributed by atoms with Crippen molar-refractivity contribution in [1.29, 1.82) is 0 Å². The summed E-state index contributed by atoms with van der Waals surface area (Å²) in [6, 6.07) is 12.3. The quantitative estimate of drug-likeness (QED) is 0.511. The van der Waals surface area contributed by atoms with E-state index >= 15 is 0 Å². The lowest BCUT2D eigenvalue weighted by molar-refractivity contribution is -0.125. The Morgan fingerprint density at radius 1 is 1.08 bits per heavy atom. The molecule has 2 atom stereocenters. The number of nitrogens with zero attached hydrogens (tertiary/aromatic N) is 2. The van der Waals surface area contributed by atoms with Crippen LogP contribution in [0, 0.1) is 0 Å². The third kappa shape index (κ3) is 6.49. The highest BCUT2D eigenvalue weighted by atomic mass is 16.5. The molecular formula is C28H30N4O7. The summed E-state index contributed by atoms with van der Waals surface area (Å²) in [7, 11) is 1.52. The molecule has 6 heterocycles. The SMILES string of the molecule is COc1cc2ccc1OCC(=O)N[C@@H]1CN(C(=O)c3cocn3)CC[C@H]1Oc1ccc(cc1)CNC(=O)CC2. The van der Waals surface area contributed by atoms with Gasteiger partial charge in [-0.05, 0) is 41.8 Å². The lowest BCUT2D eigenvalue weighted by atomic mass is 10.0. The molecule has 2 N–H and O–H groups in total. The van der Waals surface area contributed by atoms with Crippen LogP contribution in [-0.4, -0.2) is 66.6 Å². The molecule has 5 aliphatic rings. The molecule has 1 saturated heterocycles. The molecule has 11 nitrogen and oxygen atoms in total. The van der Waals surface area contributed by atoms with Crippen LogP contribution < -0.4 is 24.8 Å². The maximum atomic E-state index is 13.0. The number of ether oxygens (including phenoxy) is 3. The Morgan fingerprint density at radius 3 is 2.67 bits per heavy atom. The average molecular weight is 535 g/mol. The molecule has 0 spiro atoms. The summed E-state index contributed by atoms with van der Waals surface area (Å²) in [5.41, 5.74) is 2.05. The van der Waals surface area contributed by atoms with Crippen molar-refractivity contribution >= 4 is 17.7 Å². The van der Waals surface area contributed by atoms with Crippen LogP contribution in [0.3, 0.4) is 0 Å². The van der Waals surface area contributed by atoms with E-state index in [4.69, 9.17) is 18.6 Å². The Hall–Kier alpha value is -4.54. The number of oxazole rings is 1. The summed E-state index contributed by atoms with van der Waals surface area (Å²) < 4.78 is 22.4. The minimum Gasteiger partial charge on any atom is -0.493 e. The Balaban J connectivity index is 1.37. The standard InChI is InChI=1S/C28H30N4O7/c1-36-25-12-18-4-8-24(25)38-16-27(34)31-21-14-32(28(35)22-15-37-17-30-22)11-10-23(21)39-20-6-2-19(3-7-20)13-29-26(33)9-5-18/h2-4,6-8,12,15,17,21,23H,5,9-11,13-14,16H2,1H3,(H,29,33)(H,31,34)/t21-,23-/m1/s1. The molecule has 2 aromatic carbocycles. The number of amides is 3. The first kappa shape index (κ1) is 26.1.